The number of hydrogen-bond donors (Lipinski definition) is 0. The minimum Gasteiger partial charge on any atom is -0.294 e. The summed E-state index contributed by atoms with van der Waals surface area (Å²) in [4.78, 5) is 25.6. The number of carbonyl (C=O) groups excluding carboxylic acids is 2. The van der Waals surface area contributed by atoms with Crippen molar-refractivity contribution in [1.82, 2.24) is 0 Å². The van der Waals surface area contributed by atoms with E-state index in [0.717, 1.165) is 22.8 Å². The maximum Gasteiger partial charge on any atom is 0.167 e. The van der Waals surface area contributed by atoms with E-state index >= 15 is 0 Å². The van der Waals surface area contributed by atoms with Crippen LogP contribution in [-0.4, -0.2) is 11.6 Å². The Balaban J connectivity index is 1.93. The van der Waals surface area contributed by atoms with Crippen molar-refractivity contribution in [3.05, 3.63) is 32.9 Å². The Morgan fingerprint density at radius 3 is 2.79 bits per heavy atom. The molecule has 2 bridgehead atoms. The average molecular weight is 366 g/mol. The second-order valence-corrected chi connectivity index (χ2v) is 7.82. The van der Waals surface area contributed by atoms with Gasteiger partial charge in [0, 0.05) is 26.5 Å². The number of fused-ring (bicyclic) bond motifs is 6. The minimum absolute atomic E-state index is 0.0306. The van der Waals surface area contributed by atoms with Crippen molar-refractivity contribution in [2.45, 2.75) is 26.2 Å². The molecule has 0 heterocycles. The Kier molecular flexibility index (Phi) is 2.34. The SMILES string of the molecule is CC12CCC(C1)C1C(=O)c3cc(I)ccc3C(=O)C12. The molecule has 4 rings (SSSR count). The van der Waals surface area contributed by atoms with E-state index in [1.54, 1.807) is 0 Å². The van der Waals surface area contributed by atoms with E-state index in [-0.39, 0.29) is 28.8 Å². The molecule has 0 N–H and O–H groups in total. The monoisotopic (exact) mass is 366 g/mol. The van der Waals surface area contributed by atoms with Gasteiger partial charge in [-0.15, -0.1) is 0 Å². The fourth-order valence-corrected chi connectivity index (χ4v) is 5.23. The first kappa shape index (κ1) is 12.1. The fraction of sp³-hybridized carbons (Fsp3) is 0.500. The second kappa shape index (κ2) is 3.68. The molecule has 0 saturated heterocycles. The fourth-order valence-electron chi connectivity index (χ4n) is 4.74. The van der Waals surface area contributed by atoms with Crippen molar-refractivity contribution in [1.29, 1.82) is 0 Å². The van der Waals surface area contributed by atoms with Gasteiger partial charge in [0.2, 0.25) is 0 Å². The van der Waals surface area contributed by atoms with Gasteiger partial charge in [0.05, 0.1) is 0 Å². The van der Waals surface area contributed by atoms with Gasteiger partial charge in [-0.3, -0.25) is 9.59 Å². The predicted octanol–water partition coefficient (Wildman–Crippen LogP) is 3.72. The maximum atomic E-state index is 12.8. The van der Waals surface area contributed by atoms with Crippen LogP contribution in [0.25, 0.3) is 0 Å². The van der Waals surface area contributed by atoms with Crippen LogP contribution in [0.1, 0.15) is 46.9 Å². The highest BCUT2D eigenvalue weighted by molar-refractivity contribution is 14.1. The van der Waals surface area contributed by atoms with E-state index in [1.165, 1.54) is 0 Å². The molecular formula is C16H15IO2. The largest absolute Gasteiger partial charge is 0.294 e. The first-order valence-corrected chi connectivity index (χ1v) is 7.97. The van der Waals surface area contributed by atoms with Crippen LogP contribution in [0.3, 0.4) is 0 Å². The summed E-state index contributed by atoms with van der Waals surface area (Å²) >= 11 is 2.21. The van der Waals surface area contributed by atoms with Crippen LogP contribution in [0.5, 0.6) is 0 Å². The van der Waals surface area contributed by atoms with E-state index < -0.39 is 0 Å². The first-order chi connectivity index (χ1) is 9.01. The summed E-state index contributed by atoms with van der Waals surface area (Å²) in [7, 11) is 0. The zero-order chi connectivity index (χ0) is 13.4. The molecule has 2 fully saturated rings. The average Bonchev–Trinajstić information content (AvgIpc) is 2.89. The number of Topliss-reactive ketones (excluding diaryl/α,β-unsaturated/α-hetero) is 2. The standard InChI is InChI=1S/C16H15IO2/c1-16-5-4-8(7-16)12-13(16)15(19)10-3-2-9(17)6-11(10)14(12)18/h2-3,6,8,12-13H,4-5,7H2,1H3. The van der Waals surface area contributed by atoms with Crippen LogP contribution in [0.4, 0.5) is 0 Å². The number of carbonyl (C=O) groups is 2. The molecule has 0 spiro atoms. The van der Waals surface area contributed by atoms with Crippen molar-refractivity contribution in [3.63, 3.8) is 0 Å². The normalized spacial score (nSPS) is 39.4. The molecule has 3 aliphatic rings. The molecule has 1 aromatic rings. The van der Waals surface area contributed by atoms with Crippen LogP contribution < -0.4 is 0 Å². The van der Waals surface area contributed by atoms with E-state index in [9.17, 15) is 9.59 Å². The zero-order valence-electron chi connectivity index (χ0n) is 10.8. The lowest BCUT2D eigenvalue weighted by atomic mass is 9.63. The molecule has 4 atom stereocenters. The zero-order valence-corrected chi connectivity index (χ0v) is 12.9. The van der Waals surface area contributed by atoms with Gasteiger partial charge < -0.3 is 0 Å². The van der Waals surface area contributed by atoms with Gasteiger partial charge in [-0.25, -0.2) is 0 Å². The Morgan fingerprint density at radius 2 is 2.00 bits per heavy atom. The van der Waals surface area contributed by atoms with Crippen LogP contribution in [0.15, 0.2) is 18.2 Å². The molecular weight excluding hydrogens is 351 g/mol. The highest BCUT2D eigenvalue weighted by Gasteiger charge is 2.62. The summed E-state index contributed by atoms with van der Waals surface area (Å²) in [6.45, 7) is 2.21. The molecule has 1 aromatic carbocycles. The van der Waals surface area contributed by atoms with Crippen molar-refractivity contribution in [2.24, 2.45) is 23.2 Å². The Bertz CT molecular complexity index is 621. The van der Waals surface area contributed by atoms with Gasteiger partial charge in [-0.05, 0) is 71.4 Å². The smallest absolute Gasteiger partial charge is 0.167 e. The minimum atomic E-state index is -0.0497. The second-order valence-electron chi connectivity index (χ2n) is 6.58. The number of ketones is 2. The number of rotatable bonds is 0. The van der Waals surface area contributed by atoms with E-state index in [0.29, 0.717) is 17.0 Å². The van der Waals surface area contributed by atoms with Gasteiger partial charge in [-0.2, -0.15) is 0 Å². The third-order valence-corrected chi connectivity index (χ3v) is 6.20. The summed E-state index contributed by atoms with van der Waals surface area (Å²) in [6, 6.07) is 5.67. The van der Waals surface area contributed by atoms with Gasteiger partial charge in [-0.1, -0.05) is 6.92 Å². The lowest BCUT2D eigenvalue weighted by Crippen LogP contribution is -2.43. The Labute approximate surface area is 126 Å². The summed E-state index contributed by atoms with van der Waals surface area (Å²) in [5.74, 6) is 0.813. The molecule has 3 heteroatoms. The first-order valence-electron chi connectivity index (χ1n) is 6.89. The molecule has 0 amide bonds. The van der Waals surface area contributed by atoms with Gasteiger partial charge in [0.1, 0.15) is 0 Å². The van der Waals surface area contributed by atoms with Crippen molar-refractivity contribution in [2.75, 3.05) is 0 Å². The maximum absolute atomic E-state index is 12.8. The van der Waals surface area contributed by atoms with Gasteiger partial charge >= 0.3 is 0 Å². The molecule has 19 heavy (non-hydrogen) atoms. The van der Waals surface area contributed by atoms with Crippen LogP contribution in [-0.2, 0) is 0 Å². The highest BCUT2D eigenvalue weighted by Crippen LogP contribution is 2.63. The predicted molar refractivity (Wildman–Crippen MR) is 80.2 cm³/mol. The van der Waals surface area contributed by atoms with Gasteiger partial charge in [0.15, 0.2) is 11.6 Å². The van der Waals surface area contributed by atoms with E-state index in [4.69, 9.17) is 0 Å². The van der Waals surface area contributed by atoms with E-state index in [2.05, 4.69) is 29.5 Å². The van der Waals surface area contributed by atoms with Crippen molar-refractivity contribution in [3.8, 4) is 0 Å². The Morgan fingerprint density at radius 1 is 1.21 bits per heavy atom. The molecule has 98 valence electrons. The number of halogens is 1. The number of benzene rings is 1. The highest BCUT2D eigenvalue weighted by atomic mass is 127. The lowest BCUT2D eigenvalue weighted by molar-refractivity contribution is 0.0572. The third kappa shape index (κ3) is 1.42. The Hall–Kier alpha value is -0.710. The summed E-state index contributed by atoms with van der Waals surface area (Å²) in [5.41, 5.74) is 1.41. The van der Waals surface area contributed by atoms with Gasteiger partial charge in [0.25, 0.3) is 0 Å². The molecule has 0 aromatic heterocycles. The van der Waals surface area contributed by atoms with Crippen molar-refractivity contribution >= 4 is 34.2 Å². The third-order valence-electron chi connectivity index (χ3n) is 5.53. The molecule has 2 saturated carbocycles. The lowest BCUT2D eigenvalue weighted by Gasteiger charge is -2.38. The number of hydrogen-bond acceptors (Lipinski definition) is 2. The molecule has 2 nitrogen and oxygen atoms in total. The molecule has 3 aliphatic carbocycles. The molecule has 4 unspecified atom stereocenters. The topological polar surface area (TPSA) is 34.1 Å². The molecule has 0 aliphatic heterocycles. The quantitative estimate of drug-likeness (QED) is 0.656. The van der Waals surface area contributed by atoms with E-state index in [1.807, 2.05) is 18.2 Å². The summed E-state index contributed by atoms with van der Waals surface area (Å²) in [6.07, 6.45) is 3.29. The van der Waals surface area contributed by atoms with Crippen molar-refractivity contribution < 1.29 is 9.59 Å². The summed E-state index contributed by atoms with van der Waals surface area (Å²) < 4.78 is 1.03. The van der Waals surface area contributed by atoms with Crippen LogP contribution in [0, 0.1) is 26.7 Å². The van der Waals surface area contributed by atoms with Crippen LogP contribution >= 0.6 is 22.6 Å². The molecule has 0 radical (unpaired) electrons. The summed E-state index contributed by atoms with van der Waals surface area (Å²) in [5, 5.41) is 0. The van der Waals surface area contributed by atoms with Crippen LogP contribution in [0.2, 0.25) is 0 Å².